The fraction of sp³-hybridized carbons (Fsp3) is 0.900. The zero-order chi connectivity index (χ0) is 9.68. The van der Waals surface area contributed by atoms with E-state index < -0.39 is 0 Å². The average molecular weight is 183 g/mol. The van der Waals surface area contributed by atoms with E-state index in [1.165, 1.54) is 12.8 Å². The topological polar surface area (TPSA) is 41.6 Å². The van der Waals surface area contributed by atoms with Crippen molar-refractivity contribution in [3.8, 4) is 0 Å². The maximum Gasteiger partial charge on any atom is 0.191 e. The van der Waals surface area contributed by atoms with Crippen molar-refractivity contribution >= 4 is 5.96 Å². The first-order valence-corrected chi connectivity index (χ1v) is 5.29. The molecule has 1 aliphatic rings. The quantitative estimate of drug-likeness (QED) is 0.520. The van der Waals surface area contributed by atoms with Gasteiger partial charge in [-0.25, -0.2) is 0 Å². The predicted octanol–water partition coefficient (Wildman–Crippen LogP) is 1.44. The Balaban J connectivity index is 2.40. The van der Waals surface area contributed by atoms with Gasteiger partial charge in [0, 0.05) is 19.6 Å². The molecule has 0 amide bonds. The summed E-state index contributed by atoms with van der Waals surface area (Å²) in [4.78, 5) is 6.53. The van der Waals surface area contributed by atoms with Crippen molar-refractivity contribution in [1.82, 2.24) is 4.90 Å². The molecule has 0 radical (unpaired) electrons. The highest BCUT2D eigenvalue weighted by Gasteiger charge is 2.17. The lowest BCUT2D eigenvalue weighted by molar-refractivity contribution is 0.270. The summed E-state index contributed by atoms with van der Waals surface area (Å²) in [6, 6.07) is 0. The molecule has 0 spiro atoms. The van der Waals surface area contributed by atoms with Crippen LogP contribution in [-0.4, -0.2) is 30.5 Å². The molecule has 1 aliphatic heterocycles. The minimum absolute atomic E-state index is 0.744. The highest BCUT2D eigenvalue weighted by molar-refractivity contribution is 5.78. The summed E-state index contributed by atoms with van der Waals surface area (Å²) >= 11 is 0. The first-order chi connectivity index (χ1) is 6.24. The molecule has 0 bridgehead atoms. The zero-order valence-corrected chi connectivity index (χ0v) is 8.79. The number of piperidine rings is 1. The molecule has 1 fully saturated rings. The number of aliphatic imine (C=N–C) groups is 1. The second kappa shape index (κ2) is 5.10. The van der Waals surface area contributed by atoms with Gasteiger partial charge in [-0.2, -0.15) is 0 Å². The van der Waals surface area contributed by atoms with Crippen LogP contribution in [0.15, 0.2) is 4.99 Å². The van der Waals surface area contributed by atoms with E-state index in [0.29, 0.717) is 0 Å². The molecular formula is C10H21N3. The molecule has 1 rings (SSSR count). The zero-order valence-electron chi connectivity index (χ0n) is 8.79. The van der Waals surface area contributed by atoms with Gasteiger partial charge in [-0.3, -0.25) is 4.99 Å². The van der Waals surface area contributed by atoms with Gasteiger partial charge in [0.05, 0.1) is 0 Å². The van der Waals surface area contributed by atoms with E-state index in [1.807, 2.05) is 0 Å². The number of hydrogen-bond donors (Lipinski definition) is 1. The van der Waals surface area contributed by atoms with E-state index in [9.17, 15) is 0 Å². The fourth-order valence-corrected chi connectivity index (χ4v) is 1.72. The van der Waals surface area contributed by atoms with Crippen molar-refractivity contribution in [3.05, 3.63) is 0 Å². The normalized spacial score (nSPS) is 24.9. The summed E-state index contributed by atoms with van der Waals surface area (Å²) in [5.41, 5.74) is 5.87. The molecule has 0 saturated carbocycles. The van der Waals surface area contributed by atoms with Crippen LogP contribution in [0.3, 0.4) is 0 Å². The molecule has 0 aliphatic carbocycles. The van der Waals surface area contributed by atoms with Crippen LogP contribution in [0, 0.1) is 5.92 Å². The van der Waals surface area contributed by atoms with E-state index in [1.54, 1.807) is 0 Å². The van der Waals surface area contributed by atoms with Gasteiger partial charge in [0.2, 0.25) is 0 Å². The highest BCUT2D eigenvalue weighted by Crippen LogP contribution is 2.14. The Bertz CT molecular complexity index is 177. The third-order valence-corrected chi connectivity index (χ3v) is 2.48. The van der Waals surface area contributed by atoms with Crippen molar-refractivity contribution in [2.75, 3.05) is 19.6 Å². The Morgan fingerprint density at radius 1 is 1.62 bits per heavy atom. The summed E-state index contributed by atoms with van der Waals surface area (Å²) in [6.45, 7) is 7.42. The van der Waals surface area contributed by atoms with Crippen LogP contribution < -0.4 is 5.73 Å². The minimum atomic E-state index is 0.744. The molecule has 0 aromatic carbocycles. The number of guanidine groups is 1. The Kier molecular flexibility index (Phi) is 4.06. The average Bonchev–Trinajstić information content (AvgIpc) is 2.14. The Hall–Kier alpha value is -0.730. The van der Waals surface area contributed by atoms with Crippen molar-refractivity contribution < 1.29 is 0 Å². The van der Waals surface area contributed by atoms with Gasteiger partial charge in [0.15, 0.2) is 5.96 Å². The van der Waals surface area contributed by atoms with E-state index >= 15 is 0 Å². The summed E-state index contributed by atoms with van der Waals surface area (Å²) in [7, 11) is 0. The molecule has 0 aromatic heterocycles. The van der Waals surface area contributed by atoms with Gasteiger partial charge in [-0.1, -0.05) is 13.8 Å². The molecule has 1 unspecified atom stereocenters. The van der Waals surface area contributed by atoms with Crippen LogP contribution >= 0.6 is 0 Å². The van der Waals surface area contributed by atoms with Gasteiger partial charge >= 0.3 is 0 Å². The second-order valence-corrected chi connectivity index (χ2v) is 3.93. The molecule has 0 aromatic rings. The fourth-order valence-electron chi connectivity index (χ4n) is 1.72. The smallest absolute Gasteiger partial charge is 0.191 e. The summed E-state index contributed by atoms with van der Waals surface area (Å²) < 4.78 is 0. The third-order valence-electron chi connectivity index (χ3n) is 2.48. The standard InChI is InChI=1S/C10H21N3/c1-3-6-12-10(11)13-7-4-5-9(2)8-13/h9H,3-8H2,1-2H3,(H2,11,12). The lowest BCUT2D eigenvalue weighted by atomic mass is 10.0. The maximum atomic E-state index is 5.87. The Morgan fingerprint density at radius 2 is 2.38 bits per heavy atom. The summed E-state index contributed by atoms with van der Waals surface area (Å²) in [5, 5.41) is 0. The van der Waals surface area contributed by atoms with Crippen LogP contribution in [0.1, 0.15) is 33.1 Å². The monoisotopic (exact) mass is 183 g/mol. The number of nitrogens with zero attached hydrogens (tertiary/aromatic N) is 2. The molecular weight excluding hydrogens is 162 g/mol. The molecule has 1 heterocycles. The third kappa shape index (κ3) is 3.25. The maximum absolute atomic E-state index is 5.87. The minimum Gasteiger partial charge on any atom is -0.370 e. The van der Waals surface area contributed by atoms with Crippen LogP contribution in [0.5, 0.6) is 0 Å². The van der Waals surface area contributed by atoms with Gasteiger partial charge in [0.1, 0.15) is 0 Å². The SMILES string of the molecule is CCCN=C(N)N1CCCC(C)C1. The van der Waals surface area contributed by atoms with Crippen molar-refractivity contribution in [3.63, 3.8) is 0 Å². The summed E-state index contributed by atoms with van der Waals surface area (Å²) in [6.07, 6.45) is 3.66. The molecule has 1 atom stereocenters. The number of likely N-dealkylation sites (tertiary alicyclic amines) is 1. The molecule has 3 nitrogen and oxygen atoms in total. The number of hydrogen-bond acceptors (Lipinski definition) is 1. The van der Waals surface area contributed by atoms with E-state index in [-0.39, 0.29) is 0 Å². The Morgan fingerprint density at radius 3 is 3.00 bits per heavy atom. The van der Waals surface area contributed by atoms with Gasteiger partial charge < -0.3 is 10.6 Å². The highest BCUT2D eigenvalue weighted by atomic mass is 15.3. The first kappa shape index (κ1) is 10.4. The van der Waals surface area contributed by atoms with E-state index in [2.05, 4.69) is 23.7 Å². The van der Waals surface area contributed by atoms with Crippen LogP contribution in [0.25, 0.3) is 0 Å². The van der Waals surface area contributed by atoms with Crippen molar-refractivity contribution in [1.29, 1.82) is 0 Å². The van der Waals surface area contributed by atoms with Crippen molar-refractivity contribution in [2.45, 2.75) is 33.1 Å². The number of nitrogens with two attached hydrogens (primary N) is 1. The van der Waals surface area contributed by atoms with Gasteiger partial charge in [-0.05, 0) is 25.2 Å². The summed E-state index contributed by atoms with van der Waals surface area (Å²) in [5.74, 6) is 1.51. The molecule has 2 N–H and O–H groups in total. The van der Waals surface area contributed by atoms with Crippen molar-refractivity contribution in [2.24, 2.45) is 16.6 Å². The lowest BCUT2D eigenvalue weighted by Gasteiger charge is -2.31. The number of rotatable bonds is 2. The van der Waals surface area contributed by atoms with Crippen LogP contribution in [0.4, 0.5) is 0 Å². The second-order valence-electron chi connectivity index (χ2n) is 3.93. The van der Waals surface area contributed by atoms with Crippen LogP contribution in [-0.2, 0) is 0 Å². The predicted molar refractivity (Wildman–Crippen MR) is 56.8 cm³/mol. The largest absolute Gasteiger partial charge is 0.370 e. The first-order valence-electron chi connectivity index (χ1n) is 5.29. The van der Waals surface area contributed by atoms with E-state index in [4.69, 9.17) is 5.73 Å². The molecule has 1 saturated heterocycles. The lowest BCUT2D eigenvalue weighted by Crippen LogP contribution is -2.43. The van der Waals surface area contributed by atoms with Gasteiger partial charge in [-0.15, -0.1) is 0 Å². The van der Waals surface area contributed by atoms with Gasteiger partial charge in [0.25, 0.3) is 0 Å². The molecule has 3 heteroatoms. The Labute approximate surface area is 81.0 Å². The van der Waals surface area contributed by atoms with Crippen LogP contribution in [0.2, 0.25) is 0 Å². The molecule has 76 valence electrons. The molecule has 13 heavy (non-hydrogen) atoms. The van der Waals surface area contributed by atoms with E-state index in [0.717, 1.165) is 37.9 Å².